The van der Waals surface area contributed by atoms with Gasteiger partial charge < -0.3 is 9.63 Å². The van der Waals surface area contributed by atoms with Gasteiger partial charge in [-0.1, -0.05) is 29.4 Å². The maximum Gasteiger partial charge on any atom is 0.140 e. The van der Waals surface area contributed by atoms with Crippen LogP contribution in [0, 0.1) is 0 Å². The summed E-state index contributed by atoms with van der Waals surface area (Å²) in [4.78, 5) is 2.51. The average molecular weight is 340 g/mol. The molecule has 1 aromatic carbocycles. The van der Waals surface area contributed by atoms with Gasteiger partial charge in [-0.05, 0) is 56.1 Å². The Morgan fingerprint density at radius 3 is 2.92 bits per heavy atom. The highest BCUT2D eigenvalue weighted by Crippen LogP contribution is 2.36. The zero-order valence-corrected chi connectivity index (χ0v) is 14.9. The zero-order chi connectivity index (χ0) is 17.1. The summed E-state index contributed by atoms with van der Waals surface area (Å²) in [6.45, 7) is 1.97. The molecule has 2 aliphatic rings. The number of hydrogen-bond donors (Lipinski definition) is 1. The Morgan fingerprint density at radius 1 is 1.12 bits per heavy atom. The van der Waals surface area contributed by atoms with Gasteiger partial charge >= 0.3 is 0 Å². The number of benzene rings is 1. The Balaban J connectivity index is 1.60. The van der Waals surface area contributed by atoms with Gasteiger partial charge in [-0.15, -0.1) is 0 Å². The molecule has 0 bridgehead atoms. The standard InChI is InChI=1S/C21H28N2O2/c24-14-6-13-23(15-19-18-10-3-4-12-21(18)25-22-19)20-11-5-8-16-7-1-2-9-17(16)20/h1-2,7,9,20,24H,3-6,8,10-15H2. The molecule has 4 nitrogen and oxygen atoms in total. The second-order valence-corrected chi connectivity index (χ2v) is 7.39. The fourth-order valence-corrected chi connectivity index (χ4v) is 4.49. The number of nitrogens with zero attached hydrogens (tertiary/aromatic N) is 2. The monoisotopic (exact) mass is 340 g/mol. The van der Waals surface area contributed by atoms with E-state index < -0.39 is 0 Å². The van der Waals surface area contributed by atoms with Crippen LogP contribution >= 0.6 is 0 Å². The van der Waals surface area contributed by atoms with Crippen LogP contribution in [-0.2, 0) is 25.8 Å². The van der Waals surface area contributed by atoms with Crippen molar-refractivity contribution >= 4 is 0 Å². The van der Waals surface area contributed by atoms with Crippen molar-refractivity contribution in [3.8, 4) is 0 Å². The second kappa shape index (κ2) is 7.71. The highest BCUT2D eigenvalue weighted by molar-refractivity contribution is 5.33. The number of fused-ring (bicyclic) bond motifs is 2. The van der Waals surface area contributed by atoms with Gasteiger partial charge in [-0.25, -0.2) is 0 Å². The van der Waals surface area contributed by atoms with E-state index in [0.717, 1.165) is 43.8 Å². The summed E-state index contributed by atoms with van der Waals surface area (Å²) in [5.74, 6) is 1.10. The summed E-state index contributed by atoms with van der Waals surface area (Å²) in [6, 6.07) is 9.27. The largest absolute Gasteiger partial charge is 0.396 e. The molecule has 1 aromatic heterocycles. The normalized spacial score (nSPS) is 19.7. The van der Waals surface area contributed by atoms with Gasteiger partial charge in [0.2, 0.25) is 0 Å². The van der Waals surface area contributed by atoms with E-state index in [4.69, 9.17) is 4.52 Å². The van der Waals surface area contributed by atoms with Crippen LogP contribution in [0.15, 0.2) is 28.8 Å². The number of aryl methyl sites for hydroxylation is 2. The maximum atomic E-state index is 9.37. The van der Waals surface area contributed by atoms with Crippen LogP contribution in [0.5, 0.6) is 0 Å². The van der Waals surface area contributed by atoms with Crippen molar-refractivity contribution in [1.82, 2.24) is 10.1 Å². The third kappa shape index (κ3) is 3.51. The molecule has 1 heterocycles. The Labute approximate surface area is 149 Å². The van der Waals surface area contributed by atoms with E-state index in [1.807, 2.05) is 0 Å². The van der Waals surface area contributed by atoms with Gasteiger partial charge in [-0.2, -0.15) is 0 Å². The van der Waals surface area contributed by atoms with Crippen molar-refractivity contribution in [1.29, 1.82) is 0 Å². The molecule has 0 fully saturated rings. The third-order valence-corrected chi connectivity index (χ3v) is 5.77. The Hall–Kier alpha value is -1.65. The van der Waals surface area contributed by atoms with Gasteiger partial charge in [0, 0.05) is 37.7 Å². The molecule has 0 aliphatic heterocycles. The van der Waals surface area contributed by atoms with Gasteiger partial charge in [-0.3, -0.25) is 4.90 Å². The molecule has 0 radical (unpaired) electrons. The molecule has 4 rings (SSSR count). The lowest BCUT2D eigenvalue weighted by molar-refractivity contribution is 0.148. The average Bonchev–Trinajstić information content (AvgIpc) is 3.08. The van der Waals surface area contributed by atoms with E-state index in [1.165, 1.54) is 48.8 Å². The Morgan fingerprint density at radius 2 is 2.00 bits per heavy atom. The topological polar surface area (TPSA) is 49.5 Å². The van der Waals surface area contributed by atoms with Crippen molar-refractivity contribution in [3.05, 3.63) is 52.4 Å². The van der Waals surface area contributed by atoms with Gasteiger partial charge in [0.15, 0.2) is 0 Å². The SMILES string of the molecule is OCCCN(Cc1noc2c1CCCC2)C1CCCc2ccccc21. The predicted octanol–water partition coefficient (Wildman–Crippen LogP) is 3.82. The van der Waals surface area contributed by atoms with E-state index in [1.54, 1.807) is 0 Å². The molecule has 4 heteroatoms. The van der Waals surface area contributed by atoms with Gasteiger partial charge in [0.05, 0.1) is 0 Å². The lowest BCUT2D eigenvalue weighted by Gasteiger charge is -2.35. The molecular weight excluding hydrogens is 312 g/mol. The minimum Gasteiger partial charge on any atom is -0.396 e. The lowest BCUT2D eigenvalue weighted by atomic mass is 9.86. The highest BCUT2D eigenvalue weighted by atomic mass is 16.5. The smallest absolute Gasteiger partial charge is 0.140 e. The second-order valence-electron chi connectivity index (χ2n) is 7.39. The number of hydrogen-bond acceptors (Lipinski definition) is 4. The van der Waals surface area contributed by atoms with Crippen molar-refractivity contribution in [2.75, 3.05) is 13.2 Å². The van der Waals surface area contributed by atoms with Crippen molar-refractivity contribution in [2.24, 2.45) is 0 Å². The highest BCUT2D eigenvalue weighted by Gasteiger charge is 2.28. The summed E-state index contributed by atoms with van der Waals surface area (Å²) >= 11 is 0. The predicted molar refractivity (Wildman–Crippen MR) is 97.4 cm³/mol. The molecule has 0 saturated carbocycles. The summed E-state index contributed by atoms with van der Waals surface area (Å²) < 4.78 is 5.62. The van der Waals surface area contributed by atoms with Crippen molar-refractivity contribution in [3.63, 3.8) is 0 Å². The molecular formula is C21H28N2O2. The summed E-state index contributed by atoms with van der Waals surface area (Å²) in [5.41, 5.74) is 5.42. The van der Waals surface area contributed by atoms with Crippen LogP contribution in [0.4, 0.5) is 0 Å². The molecule has 1 unspecified atom stereocenters. The molecule has 2 aliphatic carbocycles. The first-order valence-electron chi connectivity index (χ1n) is 9.76. The molecule has 0 saturated heterocycles. The first-order valence-corrected chi connectivity index (χ1v) is 9.76. The fraction of sp³-hybridized carbons (Fsp3) is 0.571. The number of aliphatic hydroxyl groups excluding tert-OH is 1. The van der Waals surface area contributed by atoms with Crippen LogP contribution in [0.3, 0.4) is 0 Å². The zero-order valence-electron chi connectivity index (χ0n) is 14.9. The molecule has 25 heavy (non-hydrogen) atoms. The molecule has 1 atom stereocenters. The molecule has 0 spiro atoms. The van der Waals surface area contributed by atoms with E-state index in [0.29, 0.717) is 6.04 Å². The van der Waals surface area contributed by atoms with Gasteiger partial charge in [0.25, 0.3) is 0 Å². The van der Waals surface area contributed by atoms with E-state index >= 15 is 0 Å². The van der Waals surface area contributed by atoms with E-state index in [9.17, 15) is 5.11 Å². The van der Waals surface area contributed by atoms with Crippen molar-refractivity contribution in [2.45, 2.75) is 64.0 Å². The number of rotatable bonds is 6. The fourth-order valence-electron chi connectivity index (χ4n) is 4.49. The number of aliphatic hydroxyl groups is 1. The third-order valence-electron chi connectivity index (χ3n) is 5.77. The Kier molecular flexibility index (Phi) is 5.18. The lowest BCUT2D eigenvalue weighted by Crippen LogP contribution is -2.32. The minimum atomic E-state index is 0.238. The molecule has 1 N–H and O–H groups in total. The summed E-state index contributed by atoms with van der Waals surface area (Å²) in [6.07, 6.45) is 8.99. The van der Waals surface area contributed by atoms with Crippen LogP contribution in [-0.4, -0.2) is 28.3 Å². The first kappa shape index (κ1) is 16.8. The molecule has 134 valence electrons. The molecule has 2 aromatic rings. The first-order chi connectivity index (χ1) is 12.4. The summed E-state index contributed by atoms with van der Waals surface area (Å²) in [5, 5.41) is 13.8. The van der Waals surface area contributed by atoms with Crippen LogP contribution in [0.2, 0.25) is 0 Å². The molecule has 0 amide bonds. The van der Waals surface area contributed by atoms with Crippen LogP contribution in [0.1, 0.15) is 66.3 Å². The van der Waals surface area contributed by atoms with E-state index in [2.05, 4.69) is 34.3 Å². The quantitative estimate of drug-likeness (QED) is 0.868. The van der Waals surface area contributed by atoms with E-state index in [-0.39, 0.29) is 6.61 Å². The minimum absolute atomic E-state index is 0.238. The van der Waals surface area contributed by atoms with Gasteiger partial charge in [0.1, 0.15) is 11.5 Å². The number of aromatic nitrogens is 1. The summed E-state index contributed by atoms with van der Waals surface area (Å²) in [7, 11) is 0. The maximum absolute atomic E-state index is 9.37. The van der Waals surface area contributed by atoms with Crippen molar-refractivity contribution < 1.29 is 9.63 Å². The van der Waals surface area contributed by atoms with Crippen LogP contribution < -0.4 is 0 Å². The Bertz CT molecular complexity index is 710. The van der Waals surface area contributed by atoms with Crippen LogP contribution in [0.25, 0.3) is 0 Å².